The third kappa shape index (κ3) is 2.59. The molecule has 2 N–H and O–H groups in total. The second-order valence-corrected chi connectivity index (χ2v) is 5.73. The summed E-state index contributed by atoms with van der Waals surface area (Å²) in [5.74, 6) is -0.154. The van der Waals surface area contributed by atoms with Crippen LogP contribution in [0, 0.1) is 0 Å². The smallest absolute Gasteiger partial charge is 0.268 e. The van der Waals surface area contributed by atoms with E-state index in [0.29, 0.717) is 12.1 Å². The molecule has 1 amide bonds. The minimum absolute atomic E-state index is 0.154. The van der Waals surface area contributed by atoms with Crippen molar-refractivity contribution in [1.29, 1.82) is 0 Å². The fraction of sp³-hybridized carbons (Fsp3) is 0.353. The van der Waals surface area contributed by atoms with E-state index in [9.17, 15) is 9.90 Å². The summed E-state index contributed by atoms with van der Waals surface area (Å²) in [5.41, 5.74) is 1.76. The van der Waals surface area contributed by atoms with Gasteiger partial charge >= 0.3 is 0 Å². The Kier molecular flexibility index (Phi) is 3.55. The normalized spacial score (nSPS) is 20.9. The number of amides is 1. The van der Waals surface area contributed by atoms with Crippen LogP contribution in [0.5, 0.6) is 0 Å². The maximum absolute atomic E-state index is 12.2. The zero-order chi connectivity index (χ0) is 14.9. The van der Waals surface area contributed by atoms with Gasteiger partial charge < -0.3 is 15.0 Å². The molecule has 0 aliphatic heterocycles. The summed E-state index contributed by atoms with van der Waals surface area (Å²) in [4.78, 5) is 12.2. The van der Waals surface area contributed by atoms with E-state index in [0.717, 1.165) is 18.4 Å². The number of carbonyl (C=O) groups excluding carboxylic acids is 1. The first kappa shape index (κ1) is 13.9. The van der Waals surface area contributed by atoms with Crippen molar-refractivity contribution in [3.05, 3.63) is 59.4 Å². The molecule has 0 saturated heterocycles. The highest BCUT2D eigenvalue weighted by atomic mass is 16.3. The Morgan fingerprint density at radius 2 is 2.14 bits per heavy atom. The van der Waals surface area contributed by atoms with Crippen molar-refractivity contribution in [2.24, 2.45) is 7.05 Å². The Morgan fingerprint density at radius 1 is 1.33 bits per heavy atom. The number of nitrogens with zero attached hydrogens (tertiary/aromatic N) is 1. The topological polar surface area (TPSA) is 54.3 Å². The van der Waals surface area contributed by atoms with Crippen molar-refractivity contribution in [1.82, 2.24) is 9.88 Å². The lowest BCUT2D eigenvalue weighted by Gasteiger charge is -2.34. The quantitative estimate of drug-likeness (QED) is 0.905. The standard InChI is InChI=1S/C17H20N2O2/c1-19-11-5-9-15(19)16(20)18-12-17(21)10-4-7-13-6-2-3-8-14(13)17/h2-3,5-6,8-9,11,21H,4,7,10,12H2,1H3,(H,18,20). The van der Waals surface area contributed by atoms with Gasteiger partial charge in [0.1, 0.15) is 11.3 Å². The van der Waals surface area contributed by atoms with Crippen molar-refractivity contribution in [3.63, 3.8) is 0 Å². The molecule has 1 aliphatic carbocycles. The molecule has 21 heavy (non-hydrogen) atoms. The molecular formula is C17H20N2O2. The second kappa shape index (κ2) is 5.37. The van der Waals surface area contributed by atoms with E-state index in [1.54, 1.807) is 10.6 Å². The Balaban J connectivity index is 1.76. The summed E-state index contributed by atoms with van der Waals surface area (Å²) in [7, 11) is 1.83. The summed E-state index contributed by atoms with van der Waals surface area (Å²) in [6.07, 6.45) is 4.44. The molecule has 4 heteroatoms. The third-order valence-corrected chi connectivity index (χ3v) is 4.27. The second-order valence-electron chi connectivity index (χ2n) is 5.73. The molecule has 0 saturated carbocycles. The van der Waals surface area contributed by atoms with Gasteiger partial charge in [-0.05, 0) is 42.5 Å². The first-order valence-corrected chi connectivity index (χ1v) is 7.30. The molecule has 4 nitrogen and oxygen atoms in total. The fourth-order valence-electron chi connectivity index (χ4n) is 3.10. The van der Waals surface area contributed by atoms with E-state index in [1.165, 1.54) is 5.56 Å². The Morgan fingerprint density at radius 3 is 2.90 bits per heavy atom. The molecule has 1 aliphatic rings. The third-order valence-electron chi connectivity index (χ3n) is 4.27. The van der Waals surface area contributed by atoms with Gasteiger partial charge in [0.05, 0.1) is 6.54 Å². The number of hydrogen-bond acceptors (Lipinski definition) is 2. The van der Waals surface area contributed by atoms with Gasteiger partial charge in [-0.2, -0.15) is 0 Å². The Bertz CT molecular complexity index is 662. The minimum Gasteiger partial charge on any atom is -0.383 e. The maximum atomic E-state index is 12.2. The van der Waals surface area contributed by atoms with E-state index in [2.05, 4.69) is 11.4 Å². The van der Waals surface area contributed by atoms with Crippen LogP contribution in [-0.4, -0.2) is 22.1 Å². The van der Waals surface area contributed by atoms with Gasteiger partial charge in [0, 0.05) is 13.2 Å². The van der Waals surface area contributed by atoms with Gasteiger partial charge in [0.25, 0.3) is 5.91 Å². The van der Waals surface area contributed by atoms with Crippen LogP contribution in [0.3, 0.4) is 0 Å². The largest absolute Gasteiger partial charge is 0.383 e. The zero-order valence-electron chi connectivity index (χ0n) is 12.2. The number of rotatable bonds is 3. The molecular weight excluding hydrogens is 264 g/mol. The van der Waals surface area contributed by atoms with E-state index in [1.807, 2.05) is 37.5 Å². The van der Waals surface area contributed by atoms with Crippen LogP contribution in [0.2, 0.25) is 0 Å². The van der Waals surface area contributed by atoms with E-state index in [-0.39, 0.29) is 12.5 Å². The predicted molar refractivity (Wildman–Crippen MR) is 81.0 cm³/mol. The maximum Gasteiger partial charge on any atom is 0.268 e. The predicted octanol–water partition coefficient (Wildman–Crippen LogP) is 1.98. The number of hydrogen-bond donors (Lipinski definition) is 2. The summed E-state index contributed by atoms with van der Waals surface area (Å²) in [6.45, 7) is 0.244. The summed E-state index contributed by atoms with van der Waals surface area (Å²) in [5, 5.41) is 13.8. The van der Waals surface area contributed by atoms with Gasteiger partial charge in [-0.3, -0.25) is 4.79 Å². The van der Waals surface area contributed by atoms with Gasteiger partial charge in [-0.15, -0.1) is 0 Å². The fourth-order valence-corrected chi connectivity index (χ4v) is 3.10. The highest BCUT2D eigenvalue weighted by molar-refractivity contribution is 5.92. The van der Waals surface area contributed by atoms with Crippen molar-refractivity contribution >= 4 is 5.91 Å². The number of aryl methyl sites for hydroxylation is 2. The lowest BCUT2D eigenvalue weighted by molar-refractivity contribution is 0.0188. The van der Waals surface area contributed by atoms with Gasteiger partial charge in [-0.25, -0.2) is 0 Å². The first-order valence-electron chi connectivity index (χ1n) is 7.30. The molecule has 3 rings (SSSR count). The minimum atomic E-state index is -0.963. The highest BCUT2D eigenvalue weighted by Crippen LogP contribution is 2.34. The summed E-state index contributed by atoms with van der Waals surface area (Å²) in [6, 6.07) is 11.6. The van der Waals surface area contributed by atoms with E-state index >= 15 is 0 Å². The zero-order valence-corrected chi connectivity index (χ0v) is 12.2. The molecule has 0 bridgehead atoms. The number of carbonyl (C=O) groups is 1. The summed E-state index contributed by atoms with van der Waals surface area (Å²) >= 11 is 0. The van der Waals surface area contributed by atoms with Crippen molar-refractivity contribution in [3.8, 4) is 0 Å². The number of aromatic nitrogens is 1. The SMILES string of the molecule is Cn1cccc1C(=O)NCC1(O)CCCc2ccccc21. The number of benzene rings is 1. The molecule has 0 radical (unpaired) electrons. The molecule has 1 aromatic heterocycles. The van der Waals surface area contributed by atoms with Crippen LogP contribution < -0.4 is 5.32 Å². The van der Waals surface area contributed by atoms with Crippen LogP contribution in [0.1, 0.15) is 34.5 Å². The average Bonchev–Trinajstić information content (AvgIpc) is 2.92. The Hall–Kier alpha value is -2.07. The average molecular weight is 284 g/mol. The first-order chi connectivity index (χ1) is 10.1. The molecule has 1 unspecified atom stereocenters. The van der Waals surface area contributed by atoms with Crippen molar-refractivity contribution in [2.75, 3.05) is 6.54 Å². The van der Waals surface area contributed by atoms with Crippen LogP contribution >= 0.6 is 0 Å². The summed E-state index contributed by atoms with van der Waals surface area (Å²) < 4.78 is 1.77. The molecule has 0 spiro atoms. The number of aliphatic hydroxyl groups is 1. The lowest BCUT2D eigenvalue weighted by Crippen LogP contribution is -2.43. The van der Waals surface area contributed by atoms with Crippen LogP contribution in [0.15, 0.2) is 42.6 Å². The molecule has 1 atom stereocenters. The Labute approximate surface area is 124 Å². The van der Waals surface area contributed by atoms with E-state index < -0.39 is 5.60 Å². The van der Waals surface area contributed by atoms with Crippen LogP contribution in [-0.2, 0) is 19.1 Å². The molecule has 1 aromatic carbocycles. The molecule has 110 valence electrons. The van der Waals surface area contributed by atoms with Gasteiger partial charge in [0.15, 0.2) is 0 Å². The van der Waals surface area contributed by atoms with Gasteiger partial charge in [-0.1, -0.05) is 24.3 Å². The lowest BCUT2D eigenvalue weighted by atomic mass is 9.79. The number of fused-ring (bicyclic) bond motifs is 1. The van der Waals surface area contributed by atoms with Gasteiger partial charge in [0.2, 0.25) is 0 Å². The molecule has 0 fully saturated rings. The van der Waals surface area contributed by atoms with E-state index in [4.69, 9.17) is 0 Å². The highest BCUT2D eigenvalue weighted by Gasteiger charge is 2.34. The monoisotopic (exact) mass is 284 g/mol. The van der Waals surface area contributed by atoms with Crippen molar-refractivity contribution in [2.45, 2.75) is 24.9 Å². The van der Waals surface area contributed by atoms with Crippen LogP contribution in [0.4, 0.5) is 0 Å². The van der Waals surface area contributed by atoms with Crippen molar-refractivity contribution < 1.29 is 9.90 Å². The molecule has 2 aromatic rings. The van der Waals surface area contributed by atoms with Crippen LogP contribution in [0.25, 0.3) is 0 Å². The number of nitrogens with one attached hydrogen (secondary N) is 1. The molecule has 1 heterocycles.